The zero-order valence-electron chi connectivity index (χ0n) is 12.7. The fraction of sp³-hybridized carbons (Fsp3) is 0.250. The van der Waals surface area contributed by atoms with Crippen LogP contribution in [-0.4, -0.2) is 16.8 Å². The molecule has 1 aliphatic rings. The smallest absolute Gasteiger partial charge is 0.244 e. The molecule has 0 saturated carbocycles. The molecule has 1 aromatic heterocycles. The first kappa shape index (κ1) is 15.4. The number of hydrogen-bond acceptors (Lipinski definition) is 5. The number of benzene rings is 1. The van der Waals surface area contributed by atoms with Gasteiger partial charge in [0.05, 0.1) is 17.0 Å². The molecule has 0 saturated heterocycles. The maximum Gasteiger partial charge on any atom is 0.244 e. The van der Waals surface area contributed by atoms with Gasteiger partial charge < -0.3 is 15.2 Å². The molecule has 7 heteroatoms. The van der Waals surface area contributed by atoms with Crippen LogP contribution in [0.4, 0.5) is 0 Å². The van der Waals surface area contributed by atoms with E-state index in [0.717, 1.165) is 27.0 Å². The van der Waals surface area contributed by atoms with Crippen molar-refractivity contribution in [3.8, 4) is 17.7 Å². The van der Waals surface area contributed by atoms with Crippen molar-refractivity contribution in [1.82, 2.24) is 10.2 Å². The highest BCUT2D eigenvalue weighted by molar-refractivity contribution is 9.10. The summed E-state index contributed by atoms with van der Waals surface area (Å²) >= 11 is 3.51. The third kappa shape index (κ3) is 2.55. The van der Waals surface area contributed by atoms with E-state index in [9.17, 15) is 5.26 Å². The first-order chi connectivity index (χ1) is 11.1. The van der Waals surface area contributed by atoms with E-state index in [1.165, 1.54) is 0 Å². The molecule has 2 heterocycles. The van der Waals surface area contributed by atoms with Crippen molar-refractivity contribution < 1.29 is 9.47 Å². The molecule has 3 rings (SSSR count). The summed E-state index contributed by atoms with van der Waals surface area (Å²) in [7, 11) is 0. The summed E-state index contributed by atoms with van der Waals surface area (Å²) in [6.07, 6.45) is 0. The Morgan fingerprint density at radius 3 is 2.96 bits per heavy atom. The number of nitrogens with two attached hydrogens (primary N) is 1. The second kappa shape index (κ2) is 5.97. The number of rotatable bonds is 3. The Balaban J connectivity index is 2.15. The summed E-state index contributed by atoms with van der Waals surface area (Å²) in [5.41, 5.74) is 8.85. The number of aromatic nitrogens is 2. The van der Waals surface area contributed by atoms with Gasteiger partial charge in [-0.25, -0.2) is 0 Å². The van der Waals surface area contributed by atoms with Crippen molar-refractivity contribution >= 4 is 15.9 Å². The van der Waals surface area contributed by atoms with Gasteiger partial charge in [-0.15, -0.1) is 5.10 Å². The zero-order chi connectivity index (χ0) is 16.6. The molecule has 0 aliphatic carbocycles. The molecule has 2 aromatic rings. The molecule has 118 valence electrons. The highest BCUT2D eigenvalue weighted by atomic mass is 79.9. The lowest BCUT2D eigenvalue weighted by atomic mass is 9.84. The van der Waals surface area contributed by atoms with Crippen LogP contribution in [0, 0.1) is 18.3 Å². The molecule has 0 fully saturated rings. The SMILES string of the molecule is CCOc1ccc([C@H]2C(C#N)=C(N)Oc3n[nH]c(C)c32)cc1Br. The number of ether oxygens (including phenoxy) is 2. The number of nitrogens with one attached hydrogen (secondary N) is 1. The van der Waals surface area contributed by atoms with E-state index in [1.807, 2.05) is 32.0 Å². The van der Waals surface area contributed by atoms with E-state index in [0.29, 0.717) is 18.1 Å². The minimum atomic E-state index is -0.325. The summed E-state index contributed by atoms with van der Waals surface area (Å²) in [5, 5.41) is 16.5. The van der Waals surface area contributed by atoms with Crippen LogP contribution in [0.5, 0.6) is 11.6 Å². The van der Waals surface area contributed by atoms with E-state index in [2.05, 4.69) is 32.2 Å². The normalized spacial score (nSPS) is 16.5. The van der Waals surface area contributed by atoms with Gasteiger partial charge in [0.2, 0.25) is 11.8 Å². The number of aromatic amines is 1. The van der Waals surface area contributed by atoms with Crippen molar-refractivity contribution in [2.45, 2.75) is 19.8 Å². The van der Waals surface area contributed by atoms with Crippen LogP contribution < -0.4 is 15.2 Å². The number of halogens is 1. The predicted molar refractivity (Wildman–Crippen MR) is 87.9 cm³/mol. The zero-order valence-corrected chi connectivity index (χ0v) is 14.3. The summed E-state index contributed by atoms with van der Waals surface area (Å²) in [4.78, 5) is 0. The molecule has 1 atom stereocenters. The van der Waals surface area contributed by atoms with Crippen molar-refractivity contribution in [3.63, 3.8) is 0 Å². The molecule has 3 N–H and O–H groups in total. The fourth-order valence-electron chi connectivity index (χ4n) is 2.70. The molecule has 0 spiro atoms. The molecule has 0 unspecified atom stereocenters. The lowest BCUT2D eigenvalue weighted by Crippen LogP contribution is -2.21. The van der Waals surface area contributed by atoms with Gasteiger partial charge >= 0.3 is 0 Å². The largest absolute Gasteiger partial charge is 0.493 e. The fourth-order valence-corrected chi connectivity index (χ4v) is 3.21. The molecule has 0 amide bonds. The van der Waals surface area contributed by atoms with Crippen LogP contribution >= 0.6 is 15.9 Å². The average Bonchev–Trinajstić information content (AvgIpc) is 2.89. The van der Waals surface area contributed by atoms with Gasteiger partial charge in [0.15, 0.2) is 0 Å². The van der Waals surface area contributed by atoms with Crippen LogP contribution in [0.15, 0.2) is 34.1 Å². The third-order valence-corrected chi connectivity index (χ3v) is 4.34. The highest BCUT2D eigenvalue weighted by Gasteiger charge is 2.34. The van der Waals surface area contributed by atoms with Gasteiger partial charge in [-0.3, -0.25) is 5.10 Å². The number of nitrogens with zero attached hydrogens (tertiary/aromatic N) is 2. The third-order valence-electron chi connectivity index (χ3n) is 3.72. The van der Waals surface area contributed by atoms with Crippen molar-refractivity contribution in [3.05, 3.63) is 50.9 Å². The van der Waals surface area contributed by atoms with Gasteiger partial charge in [0.1, 0.15) is 17.4 Å². The topological polar surface area (TPSA) is 96.9 Å². The first-order valence-electron chi connectivity index (χ1n) is 7.11. The summed E-state index contributed by atoms with van der Waals surface area (Å²) in [6.45, 7) is 4.40. The van der Waals surface area contributed by atoms with Gasteiger partial charge in [0.25, 0.3) is 0 Å². The van der Waals surface area contributed by atoms with Crippen LogP contribution in [-0.2, 0) is 0 Å². The van der Waals surface area contributed by atoms with Crippen molar-refractivity contribution in [2.24, 2.45) is 5.73 Å². The Morgan fingerprint density at radius 1 is 1.52 bits per heavy atom. The van der Waals surface area contributed by atoms with Crippen molar-refractivity contribution in [1.29, 1.82) is 5.26 Å². The Labute approximate surface area is 142 Å². The first-order valence-corrected chi connectivity index (χ1v) is 7.90. The second-order valence-electron chi connectivity index (χ2n) is 5.12. The maximum absolute atomic E-state index is 9.52. The van der Waals surface area contributed by atoms with Crippen LogP contribution in [0.1, 0.15) is 29.7 Å². The predicted octanol–water partition coefficient (Wildman–Crippen LogP) is 3.10. The molecule has 0 bridgehead atoms. The van der Waals surface area contributed by atoms with Gasteiger partial charge in [-0.2, -0.15) is 5.26 Å². The van der Waals surface area contributed by atoms with Gasteiger partial charge in [-0.05, 0) is 47.5 Å². The summed E-state index contributed by atoms with van der Waals surface area (Å²) < 4.78 is 11.8. The Hall–Kier alpha value is -2.46. The summed E-state index contributed by atoms with van der Waals surface area (Å²) in [5.74, 6) is 0.924. The minimum absolute atomic E-state index is 0.0847. The van der Waals surface area contributed by atoms with Crippen LogP contribution in [0.25, 0.3) is 0 Å². The lowest BCUT2D eigenvalue weighted by molar-refractivity contribution is 0.338. The summed E-state index contributed by atoms with van der Waals surface area (Å²) in [6, 6.07) is 7.89. The second-order valence-corrected chi connectivity index (χ2v) is 5.97. The van der Waals surface area contributed by atoms with Crippen molar-refractivity contribution in [2.75, 3.05) is 6.61 Å². The maximum atomic E-state index is 9.52. The number of H-pyrrole nitrogens is 1. The lowest BCUT2D eigenvalue weighted by Gasteiger charge is -2.24. The standard InChI is InChI=1S/C16H15BrN4O2/c1-3-22-12-5-4-9(6-11(12)17)14-10(7-18)15(19)23-16-13(14)8(2)20-21-16/h4-6,14H,3,19H2,1-2H3,(H,20,21)/t14-/m0/s1. The number of hydrogen-bond donors (Lipinski definition) is 2. The molecule has 1 aromatic carbocycles. The van der Waals surface area contributed by atoms with E-state index < -0.39 is 0 Å². The molecule has 0 radical (unpaired) electrons. The highest BCUT2D eigenvalue weighted by Crippen LogP contribution is 2.43. The van der Waals surface area contributed by atoms with E-state index in [-0.39, 0.29) is 11.8 Å². The average molecular weight is 375 g/mol. The number of aryl methyl sites for hydroxylation is 1. The molecule has 6 nitrogen and oxygen atoms in total. The Kier molecular flexibility index (Phi) is 4.01. The minimum Gasteiger partial charge on any atom is -0.493 e. The van der Waals surface area contributed by atoms with E-state index in [1.54, 1.807) is 0 Å². The molecular formula is C16H15BrN4O2. The van der Waals surface area contributed by atoms with E-state index >= 15 is 0 Å². The van der Waals surface area contributed by atoms with E-state index in [4.69, 9.17) is 15.2 Å². The monoisotopic (exact) mass is 374 g/mol. The van der Waals surface area contributed by atoms with Gasteiger partial charge in [-0.1, -0.05) is 6.07 Å². The van der Waals surface area contributed by atoms with Crippen LogP contribution in [0.3, 0.4) is 0 Å². The molecule has 23 heavy (non-hydrogen) atoms. The molecule has 1 aliphatic heterocycles. The quantitative estimate of drug-likeness (QED) is 0.859. The Morgan fingerprint density at radius 2 is 2.30 bits per heavy atom. The number of allylic oxidation sites excluding steroid dienone is 1. The number of fused-ring (bicyclic) bond motifs is 1. The van der Waals surface area contributed by atoms with Gasteiger partial charge in [0, 0.05) is 11.3 Å². The number of nitriles is 1. The molecular weight excluding hydrogens is 360 g/mol. The van der Waals surface area contributed by atoms with Crippen LogP contribution in [0.2, 0.25) is 0 Å². The Bertz CT molecular complexity index is 835.